The molecule has 0 aromatic heterocycles. The highest BCUT2D eigenvalue weighted by Gasteiger charge is 2.47. The summed E-state index contributed by atoms with van der Waals surface area (Å²) in [4.78, 5) is 0. The van der Waals surface area contributed by atoms with Gasteiger partial charge < -0.3 is 35.7 Å². The van der Waals surface area contributed by atoms with Crippen molar-refractivity contribution in [2.24, 2.45) is 0 Å². The molecule has 0 saturated heterocycles. The molecule has 7 heteroatoms. The van der Waals surface area contributed by atoms with Gasteiger partial charge in [0.2, 0.25) is 0 Å². The van der Waals surface area contributed by atoms with E-state index in [1.807, 2.05) is 0 Å². The van der Waals surface area contributed by atoms with E-state index in [0.717, 1.165) is 5.56 Å². The van der Waals surface area contributed by atoms with Crippen LogP contribution in [0, 0.1) is 0 Å². The third-order valence-electron chi connectivity index (χ3n) is 6.73. The molecule has 0 fully saturated rings. The van der Waals surface area contributed by atoms with Crippen LogP contribution in [0.5, 0.6) is 34.5 Å². The maximum absolute atomic E-state index is 11.6. The predicted octanol–water partition coefficient (Wildman–Crippen LogP) is 4.67. The summed E-state index contributed by atoms with van der Waals surface area (Å²) in [5.41, 5.74) is 2.73. The Bertz CT molecular complexity index is 1360. The second-order valence-corrected chi connectivity index (χ2v) is 8.91. The number of aromatic hydroxyl groups is 6. The first-order chi connectivity index (χ1) is 16.7. The lowest BCUT2D eigenvalue weighted by molar-refractivity contribution is 0.134. The van der Waals surface area contributed by atoms with Crippen LogP contribution in [0.4, 0.5) is 0 Å². The molecule has 1 aliphatic carbocycles. The lowest BCUT2D eigenvalue weighted by atomic mass is 9.75. The van der Waals surface area contributed by atoms with Crippen LogP contribution in [-0.2, 0) is 0 Å². The van der Waals surface area contributed by atoms with Crippen LogP contribution in [0.2, 0.25) is 0 Å². The fourth-order valence-corrected chi connectivity index (χ4v) is 5.35. The average Bonchev–Trinajstić information content (AvgIpc) is 3.14. The Kier molecular flexibility index (Phi) is 5.42. The molecule has 178 valence electrons. The predicted molar refractivity (Wildman–Crippen MR) is 128 cm³/mol. The van der Waals surface area contributed by atoms with Crippen LogP contribution in [0.25, 0.3) is 0 Å². The van der Waals surface area contributed by atoms with Crippen molar-refractivity contribution in [3.8, 4) is 34.5 Å². The van der Waals surface area contributed by atoms with Crippen molar-refractivity contribution in [2.75, 3.05) is 0 Å². The Balaban J connectivity index is 1.79. The first-order valence-corrected chi connectivity index (χ1v) is 11.1. The van der Waals surface area contributed by atoms with Crippen LogP contribution in [0.1, 0.15) is 51.7 Å². The minimum absolute atomic E-state index is 0.0412. The normalized spacial score (nSPS) is 19.9. The van der Waals surface area contributed by atoms with E-state index in [1.54, 1.807) is 24.3 Å². The van der Waals surface area contributed by atoms with Crippen molar-refractivity contribution in [3.05, 3.63) is 107 Å². The summed E-state index contributed by atoms with van der Waals surface area (Å²) in [6, 6.07) is 19.5. The summed E-state index contributed by atoms with van der Waals surface area (Å²) in [5.74, 6) is -2.41. The summed E-state index contributed by atoms with van der Waals surface area (Å²) < 4.78 is 0. The van der Waals surface area contributed by atoms with Crippen LogP contribution in [0.15, 0.2) is 78.9 Å². The van der Waals surface area contributed by atoms with E-state index in [0.29, 0.717) is 22.3 Å². The van der Waals surface area contributed by atoms with Crippen LogP contribution in [-0.4, -0.2) is 35.7 Å². The topological polar surface area (TPSA) is 142 Å². The quantitative estimate of drug-likeness (QED) is 0.229. The highest BCUT2D eigenvalue weighted by atomic mass is 16.3. The smallest absolute Gasteiger partial charge is 0.123 e. The van der Waals surface area contributed by atoms with Gasteiger partial charge in [-0.25, -0.2) is 0 Å². The van der Waals surface area contributed by atoms with E-state index < -0.39 is 23.9 Å². The number of benzene rings is 4. The van der Waals surface area contributed by atoms with Crippen molar-refractivity contribution in [3.63, 3.8) is 0 Å². The Hall–Kier alpha value is -4.36. The molecule has 7 nitrogen and oxygen atoms in total. The third kappa shape index (κ3) is 3.96. The number of phenols is 6. The third-order valence-corrected chi connectivity index (χ3v) is 6.73. The molecular formula is C28H24O7. The second kappa shape index (κ2) is 8.45. The zero-order chi connectivity index (χ0) is 24.9. The summed E-state index contributed by atoms with van der Waals surface area (Å²) >= 11 is 0. The minimum Gasteiger partial charge on any atom is -0.508 e. The Morgan fingerprint density at radius 2 is 1.09 bits per heavy atom. The number of fused-ring (bicyclic) bond motifs is 1. The van der Waals surface area contributed by atoms with Gasteiger partial charge in [-0.05, 0) is 64.7 Å². The highest BCUT2D eigenvalue weighted by Crippen LogP contribution is 2.61. The van der Waals surface area contributed by atoms with Crippen LogP contribution < -0.4 is 0 Å². The molecule has 4 aromatic rings. The molecular weight excluding hydrogens is 448 g/mol. The van der Waals surface area contributed by atoms with Crippen molar-refractivity contribution < 1.29 is 35.7 Å². The summed E-state index contributed by atoms with van der Waals surface area (Å²) in [5, 5.41) is 73.0. The highest BCUT2D eigenvalue weighted by molar-refractivity contribution is 5.60. The number of hydrogen-bond donors (Lipinski definition) is 7. The maximum Gasteiger partial charge on any atom is 0.123 e. The average molecular weight is 472 g/mol. The summed E-state index contributed by atoms with van der Waals surface area (Å²) in [6.07, 6.45) is -1.13. The Morgan fingerprint density at radius 3 is 1.69 bits per heavy atom. The zero-order valence-corrected chi connectivity index (χ0v) is 18.4. The number of rotatable bonds is 4. The minimum atomic E-state index is -1.13. The molecule has 0 unspecified atom stereocenters. The second-order valence-electron chi connectivity index (χ2n) is 8.91. The SMILES string of the molecule is Oc1ccc([C@H]2c3c(O)cc(O)cc3[C@@H]([C@@H](O)c3ccc(O)cc3)[C@@H]2c2cc(O)cc(O)c2)cc1. The van der Waals surface area contributed by atoms with Gasteiger partial charge in [0, 0.05) is 35.4 Å². The molecule has 4 atom stereocenters. The number of hydrogen-bond acceptors (Lipinski definition) is 7. The molecule has 35 heavy (non-hydrogen) atoms. The van der Waals surface area contributed by atoms with Gasteiger partial charge in [-0.2, -0.15) is 0 Å². The molecule has 0 amide bonds. The number of phenolic OH excluding ortho intramolecular Hbond substituents is 6. The molecule has 0 saturated carbocycles. The molecule has 1 aliphatic rings. The first-order valence-electron chi connectivity index (χ1n) is 11.1. The van der Waals surface area contributed by atoms with E-state index in [9.17, 15) is 35.7 Å². The largest absolute Gasteiger partial charge is 0.508 e. The van der Waals surface area contributed by atoms with Gasteiger partial charge in [0.05, 0.1) is 6.10 Å². The van der Waals surface area contributed by atoms with Gasteiger partial charge in [0.25, 0.3) is 0 Å². The lowest BCUT2D eigenvalue weighted by Gasteiger charge is -2.30. The summed E-state index contributed by atoms with van der Waals surface area (Å²) in [7, 11) is 0. The molecule has 5 rings (SSSR count). The summed E-state index contributed by atoms with van der Waals surface area (Å²) in [6.45, 7) is 0. The molecule has 0 bridgehead atoms. The van der Waals surface area contributed by atoms with Gasteiger partial charge in [0.1, 0.15) is 34.5 Å². The van der Waals surface area contributed by atoms with Crippen molar-refractivity contribution in [2.45, 2.75) is 23.9 Å². The Labute approximate surface area is 201 Å². The molecule has 0 spiro atoms. The molecule has 7 N–H and O–H groups in total. The molecule has 0 heterocycles. The van der Waals surface area contributed by atoms with E-state index in [2.05, 4.69) is 0 Å². The van der Waals surface area contributed by atoms with E-state index >= 15 is 0 Å². The molecule has 4 aromatic carbocycles. The number of aliphatic hydroxyl groups is 1. The number of aliphatic hydroxyl groups excluding tert-OH is 1. The fraction of sp³-hybridized carbons (Fsp3) is 0.143. The first kappa shape index (κ1) is 22.4. The maximum atomic E-state index is 11.6. The fourth-order valence-electron chi connectivity index (χ4n) is 5.35. The van der Waals surface area contributed by atoms with Gasteiger partial charge in [0.15, 0.2) is 0 Å². The van der Waals surface area contributed by atoms with Crippen LogP contribution in [0.3, 0.4) is 0 Å². The molecule has 0 radical (unpaired) electrons. The van der Waals surface area contributed by atoms with Crippen molar-refractivity contribution >= 4 is 0 Å². The van der Waals surface area contributed by atoms with Gasteiger partial charge >= 0.3 is 0 Å². The monoisotopic (exact) mass is 472 g/mol. The van der Waals surface area contributed by atoms with Crippen molar-refractivity contribution in [1.29, 1.82) is 0 Å². The van der Waals surface area contributed by atoms with Crippen molar-refractivity contribution in [1.82, 2.24) is 0 Å². The Morgan fingerprint density at radius 1 is 0.543 bits per heavy atom. The van der Waals surface area contributed by atoms with E-state index in [1.165, 1.54) is 54.6 Å². The zero-order valence-electron chi connectivity index (χ0n) is 18.4. The standard InChI is InChI=1S/C28H24O7/c29-17-5-1-14(2-6-17)24-25(16-9-19(31)11-20(32)10-16)27(22-12-21(33)13-23(34)26(22)24)28(35)15-3-7-18(30)8-4-15/h1-13,24-25,27-35H/t24-,25-,27-,28+/m1/s1. The van der Waals surface area contributed by atoms with Crippen LogP contribution >= 0.6 is 0 Å². The lowest BCUT2D eigenvalue weighted by Crippen LogP contribution is -2.18. The molecule has 0 aliphatic heterocycles. The van der Waals surface area contributed by atoms with Gasteiger partial charge in [-0.3, -0.25) is 0 Å². The van der Waals surface area contributed by atoms with Gasteiger partial charge in [-0.15, -0.1) is 0 Å². The van der Waals surface area contributed by atoms with Gasteiger partial charge in [-0.1, -0.05) is 24.3 Å². The van der Waals surface area contributed by atoms with E-state index in [4.69, 9.17) is 0 Å². The van der Waals surface area contributed by atoms with E-state index in [-0.39, 0.29) is 34.5 Å².